The van der Waals surface area contributed by atoms with Gasteiger partial charge in [0.2, 0.25) is 0 Å². The third-order valence-electron chi connectivity index (χ3n) is 6.69. The van der Waals surface area contributed by atoms with E-state index in [9.17, 15) is 19.1 Å². The fourth-order valence-corrected chi connectivity index (χ4v) is 4.97. The SMILES string of the molecule is CC(C)Oc1ccc(C(=O)NC23CCC(NC(=O)COc4ccc(Cl)c(F)c4)(CC2)C(O)C3)nc1. The molecule has 188 valence electrons. The molecule has 10 heteroatoms. The van der Waals surface area contributed by atoms with E-state index in [0.29, 0.717) is 37.9 Å². The molecule has 5 rings (SSSR count). The second-order valence-corrected chi connectivity index (χ2v) is 9.98. The van der Waals surface area contributed by atoms with Gasteiger partial charge in [0.1, 0.15) is 23.0 Å². The quantitative estimate of drug-likeness (QED) is 0.507. The van der Waals surface area contributed by atoms with Gasteiger partial charge >= 0.3 is 0 Å². The minimum atomic E-state index is -0.836. The van der Waals surface area contributed by atoms with E-state index in [0.717, 1.165) is 6.07 Å². The summed E-state index contributed by atoms with van der Waals surface area (Å²) in [5.74, 6) is -0.578. The van der Waals surface area contributed by atoms with E-state index < -0.39 is 28.9 Å². The van der Waals surface area contributed by atoms with Crippen molar-refractivity contribution in [2.24, 2.45) is 0 Å². The number of rotatable bonds is 8. The minimum absolute atomic E-state index is 0.00841. The lowest BCUT2D eigenvalue weighted by Gasteiger charge is -2.56. The number of ether oxygens (including phenoxy) is 2. The van der Waals surface area contributed by atoms with Crippen LogP contribution in [0.4, 0.5) is 4.39 Å². The number of nitrogens with one attached hydrogen (secondary N) is 2. The Balaban J connectivity index is 1.32. The van der Waals surface area contributed by atoms with Crippen LogP contribution in [0.2, 0.25) is 5.02 Å². The summed E-state index contributed by atoms with van der Waals surface area (Å²) in [4.78, 5) is 29.6. The maximum Gasteiger partial charge on any atom is 0.270 e. The normalized spacial score (nSPS) is 25.3. The second kappa shape index (κ2) is 9.99. The Bertz CT molecular complexity index is 1090. The Labute approximate surface area is 208 Å². The molecule has 3 aliphatic rings. The van der Waals surface area contributed by atoms with E-state index in [-0.39, 0.29) is 35.1 Å². The Hall–Kier alpha value is -2.91. The number of nitrogens with zero attached hydrogens (tertiary/aromatic N) is 1. The van der Waals surface area contributed by atoms with Crippen molar-refractivity contribution in [1.29, 1.82) is 0 Å². The molecule has 3 N–H and O–H groups in total. The maximum absolute atomic E-state index is 13.6. The number of carbonyl (C=O) groups is 2. The van der Waals surface area contributed by atoms with Crippen LogP contribution in [-0.4, -0.2) is 51.8 Å². The number of aliphatic hydroxyl groups is 1. The molecule has 2 amide bonds. The van der Waals surface area contributed by atoms with Crippen molar-refractivity contribution in [2.75, 3.05) is 6.61 Å². The second-order valence-electron chi connectivity index (χ2n) is 9.57. The molecule has 0 radical (unpaired) electrons. The predicted molar refractivity (Wildman–Crippen MR) is 127 cm³/mol. The Morgan fingerprint density at radius 2 is 1.89 bits per heavy atom. The van der Waals surface area contributed by atoms with Crippen LogP contribution in [0.15, 0.2) is 36.5 Å². The molecule has 1 heterocycles. The predicted octanol–water partition coefficient (Wildman–Crippen LogP) is 3.40. The topological polar surface area (TPSA) is 110 Å². The molecule has 1 atom stereocenters. The first-order valence-electron chi connectivity index (χ1n) is 11.6. The van der Waals surface area contributed by atoms with Gasteiger partial charge in [-0.15, -0.1) is 0 Å². The molecule has 3 fully saturated rings. The summed E-state index contributed by atoms with van der Waals surface area (Å²) in [5, 5.41) is 16.9. The molecule has 3 saturated carbocycles. The number of aromatic nitrogens is 1. The van der Waals surface area contributed by atoms with Gasteiger partial charge in [-0.2, -0.15) is 0 Å². The van der Waals surface area contributed by atoms with Crippen LogP contribution in [0.25, 0.3) is 0 Å². The van der Waals surface area contributed by atoms with Crippen molar-refractivity contribution in [2.45, 2.75) is 69.2 Å². The van der Waals surface area contributed by atoms with Gasteiger partial charge in [0.25, 0.3) is 11.8 Å². The highest BCUT2D eigenvalue weighted by Gasteiger charge is 2.55. The zero-order valence-electron chi connectivity index (χ0n) is 19.6. The van der Waals surface area contributed by atoms with E-state index in [1.807, 2.05) is 13.8 Å². The van der Waals surface area contributed by atoms with E-state index in [1.54, 1.807) is 12.1 Å². The van der Waals surface area contributed by atoms with Gasteiger partial charge in [0.05, 0.1) is 29.0 Å². The lowest BCUT2D eigenvalue weighted by molar-refractivity contribution is -0.132. The molecule has 8 nitrogen and oxygen atoms in total. The van der Waals surface area contributed by atoms with Gasteiger partial charge in [-0.1, -0.05) is 11.6 Å². The highest BCUT2D eigenvalue weighted by atomic mass is 35.5. The van der Waals surface area contributed by atoms with Crippen LogP contribution in [-0.2, 0) is 4.79 Å². The third-order valence-corrected chi connectivity index (χ3v) is 7.00. The summed E-state index contributed by atoms with van der Waals surface area (Å²) in [6, 6.07) is 7.26. The number of benzene rings is 1. The van der Waals surface area contributed by atoms with E-state index >= 15 is 0 Å². The van der Waals surface area contributed by atoms with Gasteiger partial charge in [-0.25, -0.2) is 9.37 Å². The Morgan fingerprint density at radius 3 is 2.49 bits per heavy atom. The highest BCUT2D eigenvalue weighted by molar-refractivity contribution is 6.30. The molecule has 35 heavy (non-hydrogen) atoms. The molecule has 0 saturated heterocycles. The van der Waals surface area contributed by atoms with Crippen molar-refractivity contribution in [3.05, 3.63) is 53.1 Å². The molecule has 1 aromatic carbocycles. The number of amides is 2. The number of fused-ring (bicyclic) bond motifs is 3. The van der Waals surface area contributed by atoms with Gasteiger partial charge in [0, 0.05) is 11.6 Å². The van der Waals surface area contributed by atoms with Crippen molar-refractivity contribution in [1.82, 2.24) is 15.6 Å². The number of carbonyl (C=O) groups excluding carboxylic acids is 2. The van der Waals surface area contributed by atoms with Crippen LogP contribution in [0.3, 0.4) is 0 Å². The van der Waals surface area contributed by atoms with E-state index in [2.05, 4.69) is 15.6 Å². The zero-order chi connectivity index (χ0) is 25.2. The summed E-state index contributed by atoms with van der Waals surface area (Å²) in [6.07, 6.45) is 3.23. The Morgan fingerprint density at radius 1 is 1.17 bits per heavy atom. The van der Waals surface area contributed by atoms with Crippen molar-refractivity contribution in [3.63, 3.8) is 0 Å². The summed E-state index contributed by atoms with van der Waals surface area (Å²) in [5.41, 5.74) is -1.07. The highest BCUT2D eigenvalue weighted by Crippen LogP contribution is 2.47. The van der Waals surface area contributed by atoms with Crippen molar-refractivity contribution >= 4 is 23.4 Å². The number of hydrogen-bond donors (Lipinski definition) is 3. The fraction of sp³-hybridized carbons (Fsp3) is 0.480. The molecule has 0 aliphatic heterocycles. The molecular weight excluding hydrogens is 477 g/mol. The maximum atomic E-state index is 13.6. The summed E-state index contributed by atoms with van der Waals surface area (Å²) < 4.78 is 24.5. The average Bonchev–Trinajstić information content (AvgIpc) is 2.81. The van der Waals surface area contributed by atoms with Crippen molar-refractivity contribution in [3.8, 4) is 11.5 Å². The average molecular weight is 506 g/mol. The monoisotopic (exact) mass is 505 g/mol. The summed E-state index contributed by atoms with van der Waals surface area (Å²) in [6.45, 7) is 3.50. The molecule has 1 unspecified atom stereocenters. The van der Waals surface area contributed by atoms with Crippen LogP contribution in [0.5, 0.6) is 11.5 Å². The van der Waals surface area contributed by atoms with Crippen LogP contribution in [0, 0.1) is 5.82 Å². The molecule has 0 spiro atoms. The van der Waals surface area contributed by atoms with Crippen molar-refractivity contribution < 1.29 is 28.6 Å². The first kappa shape index (κ1) is 25.2. The number of aliphatic hydroxyl groups excluding tert-OH is 1. The standard InChI is InChI=1S/C25H29ClFN3O5/c1-15(2)35-17-4-6-20(28-13-17)23(33)30-24-7-9-25(10-8-24,21(31)12-24)29-22(32)14-34-16-3-5-18(26)19(27)11-16/h3-6,11,13,15,21,31H,7-10,12,14H2,1-2H3,(H,29,32)(H,30,33). The number of pyridine rings is 1. The lowest BCUT2D eigenvalue weighted by atomic mass is 9.60. The van der Waals surface area contributed by atoms with Gasteiger partial charge in [-0.05, 0) is 70.2 Å². The van der Waals surface area contributed by atoms with Crippen LogP contribution >= 0.6 is 11.6 Å². The number of halogens is 2. The van der Waals surface area contributed by atoms with Crippen LogP contribution in [0.1, 0.15) is 56.4 Å². The fourth-order valence-electron chi connectivity index (χ4n) is 4.85. The van der Waals surface area contributed by atoms with Gasteiger partial charge < -0.3 is 25.2 Å². The smallest absolute Gasteiger partial charge is 0.270 e. The molecule has 2 bridgehead atoms. The van der Waals surface area contributed by atoms with Crippen LogP contribution < -0.4 is 20.1 Å². The largest absolute Gasteiger partial charge is 0.489 e. The zero-order valence-corrected chi connectivity index (χ0v) is 20.4. The number of hydrogen-bond acceptors (Lipinski definition) is 6. The minimum Gasteiger partial charge on any atom is -0.489 e. The Kier molecular flexibility index (Phi) is 7.19. The van der Waals surface area contributed by atoms with E-state index in [4.69, 9.17) is 21.1 Å². The van der Waals surface area contributed by atoms with Gasteiger partial charge in [-0.3, -0.25) is 9.59 Å². The molecule has 1 aromatic heterocycles. The molecular formula is C25H29ClFN3O5. The molecule has 3 aliphatic carbocycles. The summed E-state index contributed by atoms with van der Waals surface area (Å²) in [7, 11) is 0. The molecule has 2 aromatic rings. The third kappa shape index (κ3) is 5.67. The lowest BCUT2D eigenvalue weighted by Crippen LogP contribution is -2.70. The van der Waals surface area contributed by atoms with Gasteiger partial charge in [0.15, 0.2) is 6.61 Å². The first-order chi connectivity index (χ1) is 16.6. The summed E-state index contributed by atoms with van der Waals surface area (Å²) >= 11 is 5.66. The first-order valence-corrected chi connectivity index (χ1v) is 12.0. The van der Waals surface area contributed by atoms with E-state index in [1.165, 1.54) is 18.3 Å².